The Morgan fingerprint density at radius 1 is 1.27 bits per heavy atom. The number of anilines is 1. The zero-order chi connectivity index (χ0) is 27.0. The Labute approximate surface area is 223 Å². The van der Waals surface area contributed by atoms with Gasteiger partial charge in [-0.1, -0.05) is 48.2 Å². The fourth-order valence-corrected chi connectivity index (χ4v) is 6.27. The number of benzene rings is 1. The predicted octanol–water partition coefficient (Wildman–Crippen LogP) is 6.33. The maximum Gasteiger partial charge on any atom is 0.387 e. The van der Waals surface area contributed by atoms with E-state index in [0.717, 1.165) is 25.7 Å². The smallest absolute Gasteiger partial charge is 0.387 e. The topological polar surface area (TPSA) is 101 Å². The molecule has 2 aromatic rings. The number of carboxylic acids is 1. The van der Waals surface area contributed by atoms with E-state index in [1.807, 2.05) is 0 Å². The van der Waals surface area contributed by atoms with Crippen molar-refractivity contribution < 1.29 is 33.0 Å². The molecule has 8 nitrogen and oxygen atoms in total. The van der Waals surface area contributed by atoms with E-state index in [9.17, 15) is 23.5 Å². The van der Waals surface area contributed by atoms with Crippen molar-refractivity contribution in [3.8, 4) is 5.75 Å². The van der Waals surface area contributed by atoms with E-state index < -0.39 is 17.3 Å². The summed E-state index contributed by atoms with van der Waals surface area (Å²) in [7, 11) is 0. The monoisotopic (exact) mass is 557 g/mol. The molecular formula is C25H33F2N3O5S2. The van der Waals surface area contributed by atoms with Crippen molar-refractivity contribution in [2.45, 2.75) is 74.7 Å². The van der Waals surface area contributed by atoms with E-state index in [-0.39, 0.29) is 31.0 Å². The minimum atomic E-state index is -2.92. The number of aromatic nitrogens is 1. The number of nitrogens with zero attached hydrogens (tertiary/aromatic N) is 2. The van der Waals surface area contributed by atoms with Gasteiger partial charge in [0.25, 0.3) is 0 Å². The normalized spacial score (nSPS) is 18.0. The lowest BCUT2D eigenvalue weighted by molar-refractivity contribution is -0.138. The Bertz CT molecular complexity index is 1040. The van der Waals surface area contributed by atoms with Gasteiger partial charge in [-0.2, -0.15) is 8.78 Å². The fraction of sp³-hybridized carbons (Fsp3) is 0.560. The number of thiazole rings is 1. The summed E-state index contributed by atoms with van der Waals surface area (Å²) in [6.07, 6.45) is 5.37. The first-order valence-corrected chi connectivity index (χ1v) is 13.7. The summed E-state index contributed by atoms with van der Waals surface area (Å²) in [5.74, 6) is -0.255. The van der Waals surface area contributed by atoms with Crippen molar-refractivity contribution in [3.05, 3.63) is 36.0 Å². The molecule has 1 saturated carbocycles. The van der Waals surface area contributed by atoms with Gasteiger partial charge in [0, 0.05) is 18.2 Å². The van der Waals surface area contributed by atoms with Crippen molar-refractivity contribution in [2.75, 3.05) is 18.5 Å². The Kier molecular flexibility index (Phi) is 10.5. The van der Waals surface area contributed by atoms with Gasteiger partial charge >= 0.3 is 18.6 Å². The van der Waals surface area contributed by atoms with Crippen LogP contribution in [0.2, 0.25) is 0 Å². The van der Waals surface area contributed by atoms with Crippen LogP contribution >= 0.6 is 23.1 Å². The number of carboxylic acid groups (broad SMARTS) is 1. The molecule has 0 atom stereocenters. The summed E-state index contributed by atoms with van der Waals surface area (Å²) in [5, 5.41) is 12.6. The van der Waals surface area contributed by atoms with Gasteiger partial charge < -0.3 is 19.5 Å². The summed E-state index contributed by atoms with van der Waals surface area (Å²) in [5.41, 5.74) is 0.502. The number of thioether (sulfide) groups is 1. The second-order valence-corrected chi connectivity index (χ2v) is 12.4. The summed E-state index contributed by atoms with van der Waals surface area (Å²) >= 11 is 2.40. The predicted molar refractivity (Wildman–Crippen MR) is 140 cm³/mol. The van der Waals surface area contributed by atoms with Gasteiger partial charge in [-0.05, 0) is 51.5 Å². The second-order valence-electron chi connectivity index (χ2n) is 9.48. The van der Waals surface area contributed by atoms with Crippen molar-refractivity contribution in [1.29, 1.82) is 0 Å². The highest BCUT2D eigenvalue weighted by atomic mass is 32.2. The van der Waals surface area contributed by atoms with E-state index in [1.165, 1.54) is 29.2 Å². The van der Waals surface area contributed by atoms with Gasteiger partial charge in [0.15, 0.2) is 5.13 Å². The van der Waals surface area contributed by atoms with Crippen molar-refractivity contribution in [3.63, 3.8) is 0 Å². The number of nitrogens with one attached hydrogen (secondary N) is 1. The Hall–Kier alpha value is -2.44. The quantitative estimate of drug-likeness (QED) is 0.232. The van der Waals surface area contributed by atoms with Crippen LogP contribution in [0.4, 0.5) is 18.7 Å². The molecule has 1 heterocycles. The number of ether oxygens (including phenoxy) is 2. The molecule has 3 rings (SSSR count). The highest BCUT2D eigenvalue weighted by Gasteiger charge is 2.30. The van der Waals surface area contributed by atoms with Crippen LogP contribution in [-0.4, -0.2) is 57.5 Å². The van der Waals surface area contributed by atoms with Crippen LogP contribution in [0.5, 0.6) is 5.75 Å². The van der Waals surface area contributed by atoms with E-state index >= 15 is 0 Å². The first-order chi connectivity index (χ1) is 17.5. The van der Waals surface area contributed by atoms with Crippen LogP contribution in [0.15, 0.2) is 34.7 Å². The first kappa shape index (κ1) is 29.1. The molecule has 37 heavy (non-hydrogen) atoms. The zero-order valence-corrected chi connectivity index (χ0v) is 22.7. The third kappa shape index (κ3) is 8.82. The van der Waals surface area contributed by atoms with Crippen molar-refractivity contribution in [2.24, 2.45) is 5.92 Å². The lowest BCUT2D eigenvalue weighted by atomic mass is 9.86. The van der Waals surface area contributed by atoms with Gasteiger partial charge in [-0.3, -0.25) is 10.1 Å². The SMILES string of the molecule is CC1CCC(N(CCOCc2ccccc2OC(F)F)C(=O)Nc2ncc(SC(C)(C)C(=O)O)s2)CC1. The molecule has 0 aliphatic heterocycles. The number of para-hydroxylation sites is 1. The van der Waals surface area contributed by atoms with E-state index in [4.69, 9.17) is 4.74 Å². The number of hydrogen-bond acceptors (Lipinski definition) is 7. The largest absolute Gasteiger partial charge is 0.480 e. The maximum atomic E-state index is 13.3. The molecule has 1 aromatic heterocycles. The van der Waals surface area contributed by atoms with Crippen LogP contribution < -0.4 is 10.1 Å². The highest BCUT2D eigenvalue weighted by Crippen LogP contribution is 2.37. The number of halogens is 2. The summed E-state index contributed by atoms with van der Waals surface area (Å²) < 4.78 is 35.3. The molecule has 1 aromatic carbocycles. The molecule has 1 fully saturated rings. The molecule has 0 radical (unpaired) electrons. The molecule has 2 N–H and O–H groups in total. The van der Waals surface area contributed by atoms with Crippen LogP contribution in [-0.2, 0) is 16.1 Å². The van der Waals surface area contributed by atoms with Gasteiger partial charge in [0.1, 0.15) is 10.5 Å². The second kappa shape index (κ2) is 13.4. The number of rotatable bonds is 12. The summed E-state index contributed by atoms with van der Waals surface area (Å²) in [6, 6.07) is 6.21. The van der Waals surface area contributed by atoms with Crippen molar-refractivity contribution >= 4 is 40.2 Å². The number of urea groups is 1. The lowest BCUT2D eigenvalue weighted by Crippen LogP contribution is -2.46. The molecule has 0 unspecified atom stereocenters. The summed E-state index contributed by atoms with van der Waals surface area (Å²) in [4.78, 5) is 30.7. The lowest BCUT2D eigenvalue weighted by Gasteiger charge is -2.36. The number of carbonyl (C=O) groups excluding carboxylic acids is 1. The Morgan fingerprint density at radius 3 is 2.65 bits per heavy atom. The third-order valence-electron chi connectivity index (χ3n) is 6.18. The van der Waals surface area contributed by atoms with Crippen LogP contribution in [0, 0.1) is 5.92 Å². The minimum absolute atomic E-state index is 0.0500. The molecule has 1 aliphatic carbocycles. The molecular weight excluding hydrogens is 524 g/mol. The first-order valence-electron chi connectivity index (χ1n) is 12.1. The number of alkyl halides is 2. The zero-order valence-electron chi connectivity index (χ0n) is 21.1. The molecule has 0 bridgehead atoms. The number of carbonyl (C=O) groups is 2. The number of hydrogen-bond donors (Lipinski definition) is 2. The molecule has 0 spiro atoms. The van der Waals surface area contributed by atoms with E-state index in [0.29, 0.717) is 27.4 Å². The summed E-state index contributed by atoms with van der Waals surface area (Å²) in [6.45, 7) is 3.12. The van der Waals surface area contributed by atoms with Crippen molar-refractivity contribution in [1.82, 2.24) is 9.88 Å². The van der Waals surface area contributed by atoms with Gasteiger partial charge in [-0.15, -0.1) is 0 Å². The minimum Gasteiger partial charge on any atom is -0.480 e. The van der Waals surface area contributed by atoms with Crippen LogP contribution in [0.25, 0.3) is 0 Å². The average Bonchev–Trinajstić information content (AvgIpc) is 3.26. The molecule has 204 valence electrons. The van der Waals surface area contributed by atoms with E-state index in [2.05, 4.69) is 22.0 Å². The highest BCUT2D eigenvalue weighted by molar-refractivity contribution is 8.03. The van der Waals surface area contributed by atoms with Crippen LogP contribution in [0.3, 0.4) is 0 Å². The van der Waals surface area contributed by atoms with Gasteiger partial charge in [0.2, 0.25) is 0 Å². The molecule has 2 amide bonds. The maximum absolute atomic E-state index is 13.3. The molecule has 0 saturated heterocycles. The fourth-order valence-electron chi connectivity index (χ4n) is 4.01. The molecule has 1 aliphatic rings. The van der Waals surface area contributed by atoms with Gasteiger partial charge in [-0.25, -0.2) is 9.78 Å². The Balaban J connectivity index is 1.61. The van der Waals surface area contributed by atoms with E-state index in [1.54, 1.807) is 43.1 Å². The standard InChI is InChI=1S/C25H33F2N3O5S2/c1-16-8-10-18(11-9-16)30(12-13-34-15-17-6-4-5-7-19(17)35-22(26)27)24(33)29-23-28-14-20(36-23)37-25(2,3)21(31)32/h4-7,14,16,18,22H,8-13,15H2,1-3H3,(H,31,32)(H,28,29,33). The number of aliphatic carboxylic acids is 1. The van der Waals surface area contributed by atoms with Gasteiger partial charge in [0.05, 0.1) is 23.6 Å². The van der Waals surface area contributed by atoms with Crippen LogP contribution in [0.1, 0.15) is 52.0 Å². The Morgan fingerprint density at radius 2 is 1.97 bits per heavy atom. The average molecular weight is 558 g/mol. The third-order valence-corrected chi connectivity index (χ3v) is 8.38. The number of amides is 2. The molecule has 12 heteroatoms.